The number of benzene rings is 1. The van der Waals surface area contributed by atoms with Crippen molar-refractivity contribution in [1.29, 1.82) is 0 Å². The van der Waals surface area contributed by atoms with Gasteiger partial charge in [0.15, 0.2) is 0 Å². The summed E-state index contributed by atoms with van der Waals surface area (Å²) in [5.74, 6) is -0.870. The number of carboxylic acids is 1. The van der Waals surface area contributed by atoms with Gasteiger partial charge >= 0.3 is 5.97 Å². The maximum Gasteiger partial charge on any atom is 0.341 e. The lowest BCUT2D eigenvalue weighted by Crippen LogP contribution is -2.46. The van der Waals surface area contributed by atoms with E-state index in [1.54, 1.807) is 12.3 Å². The minimum absolute atomic E-state index is 0.157. The van der Waals surface area contributed by atoms with E-state index in [0.717, 1.165) is 69.6 Å². The summed E-state index contributed by atoms with van der Waals surface area (Å²) >= 11 is 6.80. The molecule has 2 aromatic rings. The van der Waals surface area contributed by atoms with Crippen LogP contribution in [-0.2, 0) is 0 Å². The third kappa shape index (κ3) is 2.80. The molecule has 3 heterocycles. The summed E-state index contributed by atoms with van der Waals surface area (Å²) in [6.45, 7) is 7.08. The molecule has 2 unspecified atom stereocenters. The molecule has 0 spiro atoms. The average molecular weight is 416 g/mol. The van der Waals surface area contributed by atoms with Crippen molar-refractivity contribution in [2.75, 3.05) is 37.6 Å². The van der Waals surface area contributed by atoms with Gasteiger partial charge in [0.25, 0.3) is 0 Å². The Morgan fingerprint density at radius 3 is 2.62 bits per heavy atom. The number of nitrogens with zero attached hydrogens (tertiary/aromatic N) is 3. The van der Waals surface area contributed by atoms with Gasteiger partial charge in [-0.3, -0.25) is 4.79 Å². The summed E-state index contributed by atoms with van der Waals surface area (Å²) in [5, 5.41) is 10.6. The highest BCUT2D eigenvalue weighted by atomic mass is 35.5. The number of aromatic nitrogens is 1. The average Bonchev–Trinajstić information content (AvgIpc) is 3.05. The summed E-state index contributed by atoms with van der Waals surface area (Å²) < 4.78 is 2.08. The molecule has 2 aliphatic heterocycles. The van der Waals surface area contributed by atoms with Crippen LogP contribution in [0.5, 0.6) is 0 Å². The first kappa shape index (κ1) is 18.9. The van der Waals surface area contributed by atoms with Crippen molar-refractivity contribution in [2.45, 2.75) is 44.6 Å². The third-order valence-electron chi connectivity index (χ3n) is 7.10. The molecular formula is C22H26ClN3O3. The van der Waals surface area contributed by atoms with E-state index in [0.29, 0.717) is 16.3 Å². The zero-order valence-electron chi connectivity index (χ0n) is 16.7. The number of anilines is 1. The molecule has 1 saturated heterocycles. The molecule has 5 rings (SSSR count). The second kappa shape index (κ2) is 7.03. The van der Waals surface area contributed by atoms with Crippen molar-refractivity contribution in [3.63, 3.8) is 0 Å². The van der Waals surface area contributed by atoms with Crippen LogP contribution in [0.2, 0.25) is 5.02 Å². The molecule has 2 fully saturated rings. The van der Waals surface area contributed by atoms with Gasteiger partial charge in [-0.1, -0.05) is 31.4 Å². The lowest BCUT2D eigenvalue weighted by atomic mass is 9.81. The summed E-state index contributed by atoms with van der Waals surface area (Å²) in [7, 11) is 0. The summed E-state index contributed by atoms with van der Waals surface area (Å²) in [6, 6.07) is 1.93. The van der Waals surface area contributed by atoms with Gasteiger partial charge in [0.2, 0.25) is 5.43 Å². The monoisotopic (exact) mass is 415 g/mol. The normalized spacial score (nSPS) is 24.1. The summed E-state index contributed by atoms with van der Waals surface area (Å²) in [6.07, 6.45) is 5.93. The van der Waals surface area contributed by atoms with Crippen molar-refractivity contribution in [1.82, 2.24) is 9.47 Å². The largest absolute Gasteiger partial charge is 0.477 e. The molecule has 1 N–H and O–H groups in total. The Labute approximate surface area is 174 Å². The zero-order chi connectivity index (χ0) is 20.3. The lowest BCUT2D eigenvalue weighted by Gasteiger charge is -2.38. The van der Waals surface area contributed by atoms with Crippen LogP contribution in [0.3, 0.4) is 0 Å². The quantitative estimate of drug-likeness (QED) is 0.827. The maximum atomic E-state index is 13.0. The molecule has 3 aliphatic rings. The number of likely N-dealkylation sites (N-methyl/N-ethyl adjacent to an activating group) is 1. The van der Waals surface area contributed by atoms with Gasteiger partial charge in [0.1, 0.15) is 5.56 Å². The van der Waals surface area contributed by atoms with Crippen LogP contribution >= 0.6 is 11.6 Å². The van der Waals surface area contributed by atoms with Crippen molar-refractivity contribution in [2.24, 2.45) is 0 Å². The van der Waals surface area contributed by atoms with E-state index in [-0.39, 0.29) is 11.6 Å². The number of carboxylic acid groups (broad SMARTS) is 1. The van der Waals surface area contributed by atoms with Gasteiger partial charge in [-0.15, -0.1) is 0 Å². The van der Waals surface area contributed by atoms with Gasteiger partial charge in [-0.25, -0.2) is 4.79 Å². The van der Waals surface area contributed by atoms with Gasteiger partial charge < -0.3 is 19.5 Å². The number of rotatable bonds is 3. The topological polar surface area (TPSA) is 65.8 Å². The number of piperazine rings is 1. The Morgan fingerprint density at radius 1 is 1.21 bits per heavy atom. The van der Waals surface area contributed by atoms with Gasteiger partial charge in [-0.2, -0.15) is 0 Å². The molecule has 1 saturated carbocycles. The summed E-state index contributed by atoms with van der Waals surface area (Å²) in [5.41, 5.74) is 2.58. The number of fused-ring (bicyclic) bond motifs is 3. The van der Waals surface area contributed by atoms with Gasteiger partial charge in [0, 0.05) is 55.3 Å². The second-order valence-corrected chi connectivity index (χ2v) is 8.89. The first-order chi connectivity index (χ1) is 14.0. The minimum atomic E-state index is -1.17. The Balaban J connectivity index is 1.75. The number of aromatic carboxylic acids is 1. The molecule has 6 nitrogen and oxygen atoms in total. The first-order valence-electron chi connectivity index (χ1n) is 10.6. The predicted octanol–water partition coefficient (Wildman–Crippen LogP) is 3.71. The fourth-order valence-corrected chi connectivity index (χ4v) is 5.99. The van der Waals surface area contributed by atoms with Gasteiger partial charge in [0.05, 0.1) is 16.2 Å². The zero-order valence-corrected chi connectivity index (χ0v) is 17.4. The molecule has 7 heteroatoms. The standard InChI is InChI=1S/C22H26ClN3O3/c1-2-24-7-9-25(10-8-24)20-16(23)11-14-19-18(20)13-5-3-4-6-17(13)26(19)12-15(21(14)27)22(28)29/h11-13,17H,2-10H2,1H3,(H,28,29). The van der Waals surface area contributed by atoms with Crippen LogP contribution in [0.25, 0.3) is 10.9 Å². The van der Waals surface area contributed by atoms with Crippen molar-refractivity contribution >= 4 is 34.2 Å². The van der Waals surface area contributed by atoms with Gasteiger partial charge in [-0.05, 0) is 25.5 Å². The highest BCUT2D eigenvalue weighted by molar-refractivity contribution is 6.34. The van der Waals surface area contributed by atoms with Crippen LogP contribution in [0, 0.1) is 0 Å². The molecule has 0 radical (unpaired) electrons. The fraction of sp³-hybridized carbons (Fsp3) is 0.545. The Bertz CT molecular complexity index is 1060. The van der Waals surface area contributed by atoms with Crippen LogP contribution in [0.4, 0.5) is 5.69 Å². The number of pyridine rings is 1. The second-order valence-electron chi connectivity index (χ2n) is 8.48. The number of halogens is 1. The van der Waals surface area contributed by atoms with Crippen LogP contribution in [0.1, 0.15) is 60.5 Å². The van der Waals surface area contributed by atoms with Crippen LogP contribution < -0.4 is 10.3 Å². The highest BCUT2D eigenvalue weighted by Gasteiger charge is 2.40. The highest BCUT2D eigenvalue weighted by Crippen LogP contribution is 2.54. The van der Waals surface area contributed by atoms with E-state index < -0.39 is 11.4 Å². The van der Waals surface area contributed by atoms with Crippen molar-refractivity contribution < 1.29 is 9.90 Å². The molecule has 1 aliphatic carbocycles. The lowest BCUT2D eigenvalue weighted by molar-refractivity contribution is 0.0694. The molecular weight excluding hydrogens is 390 g/mol. The SMILES string of the molecule is CCN1CCN(c2c(Cl)cc3c(=O)c(C(=O)O)cn4c3c2C2CCCCC24)CC1. The molecule has 1 aromatic carbocycles. The minimum Gasteiger partial charge on any atom is -0.477 e. The third-order valence-corrected chi connectivity index (χ3v) is 7.39. The Morgan fingerprint density at radius 2 is 1.93 bits per heavy atom. The van der Waals surface area contributed by atoms with E-state index in [1.807, 2.05) is 0 Å². The van der Waals surface area contributed by atoms with E-state index in [4.69, 9.17) is 11.6 Å². The molecule has 2 atom stereocenters. The Kier molecular flexibility index (Phi) is 4.59. The molecule has 0 amide bonds. The van der Waals surface area contributed by atoms with Crippen LogP contribution in [-0.4, -0.2) is 53.3 Å². The number of hydrogen-bond donors (Lipinski definition) is 1. The first-order valence-corrected chi connectivity index (χ1v) is 11.0. The predicted molar refractivity (Wildman–Crippen MR) is 115 cm³/mol. The number of carbonyl (C=O) groups is 1. The number of hydrogen-bond acceptors (Lipinski definition) is 4. The molecule has 0 bridgehead atoms. The molecule has 29 heavy (non-hydrogen) atoms. The van der Waals surface area contributed by atoms with E-state index >= 15 is 0 Å². The fourth-order valence-electron chi connectivity index (χ4n) is 5.66. The van der Waals surface area contributed by atoms with E-state index in [9.17, 15) is 14.7 Å². The smallest absolute Gasteiger partial charge is 0.341 e. The van der Waals surface area contributed by atoms with E-state index in [1.165, 1.54) is 5.56 Å². The van der Waals surface area contributed by atoms with Crippen LogP contribution in [0.15, 0.2) is 17.1 Å². The van der Waals surface area contributed by atoms with E-state index in [2.05, 4.69) is 21.3 Å². The molecule has 1 aromatic heterocycles. The van der Waals surface area contributed by atoms with Crippen molar-refractivity contribution in [3.05, 3.63) is 38.6 Å². The van der Waals surface area contributed by atoms with Crippen molar-refractivity contribution in [3.8, 4) is 0 Å². The summed E-state index contributed by atoms with van der Waals surface area (Å²) in [4.78, 5) is 29.5. The Hall–Kier alpha value is -2.05. The molecule has 154 valence electrons. The maximum absolute atomic E-state index is 13.0.